The third kappa shape index (κ3) is 2.75. The van der Waals surface area contributed by atoms with Crippen molar-refractivity contribution in [2.24, 2.45) is 0 Å². The monoisotopic (exact) mass is 335 g/mol. The zero-order valence-electron chi connectivity index (χ0n) is 11.9. The lowest BCUT2D eigenvalue weighted by Gasteiger charge is -2.03. The highest BCUT2D eigenvalue weighted by molar-refractivity contribution is 7.93. The van der Waals surface area contributed by atoms with Crippen molar-refractivity contribution < 1.29 is 12.9 Å². The number of nitrogens with one attached hydrogen (secondary N) is 1. The number of nitrogens with zero attached hydrogens (tertiary/aromatic N) is 2. The summed E-state index contributed by atoms with van der Waals surface area (Å²) in [5, 5.41) is 5.78. The van der Waals surface area contributed by atoms with Crippen LogP contribution < -0.4 is 4.72 Å². The number of aryl methyl sites for hydroxylation is 2. The Bertz CT molecular complexity index is 879. The summed E-state index contributed by atoms with van der Waals surface area (Å²) in [6.07, 6.45) is 0. The molecule has 0 aliphatic carbocycles. The van der Waals surface area contributed by atoms with E-state index in [1.165, 1.54) is 11.3 Å². The van der Waals surface area contributed by atoms with Crippen molar-refractivity contribution in [3.8, 4) is 11.3 Å². The van der Waals surface area contributed by atoms with Gasteiger partial charge in [0.2, 0.25) is 0 Å². The molecule has 0 aliphatic rings. The van der Waals surface area contributed by atoms with Crippen LogP contribution in [-0.4, -0.2) is 18.6 Å². The second-order valence-corrected chi connectivity index (χ2v) is 7.14. The predicted octanol–water partition coefficient (Wildman–Crippen LogP) is 3.22. The Balaban J connectivity index is 1.90. The van der Waals surface area contributed by atoms with Crippen molar-refractivity contribution in [3.63, 3.8) is 0 Å². The first-order valence-corrected chi connectivity index (χ1v) is 8.80. The molecule has 1 N–H and O–H groups in total. The van der Waals surface area contributed by atoms with Crippen molar-refractivity contribution in [2.75, 3.05) is 4.72 Å². The number of hydrogen-bond donors (Lipinski definition) is 1. The summed E-state index contributed by atoms with van der Waals surface area (Å²) in [6, 6.07) is 9.56. The van der Waals surface area contributed by atoms with Crippen LogP contribution >= 0.6 is 11.3 Å². The Morgan fingerprint density at radius 1 is 1.18 bits per heavy atom. The Kier molecular flexibility index (Phi) is 3.71. The highest BCUT2D eigenvalue weighted by Gasteiger charge is 2.25. The lowest BCUT2D eigenvalue weighted by Crippen LogP contribution is -2.14. The molecule has 2 aromatic heterocycles. The van der Waals surface area contributed by atoms with Gasteiger partial charge >= 0.3 is 0 Å². The van der Waals surface area contributed by atoms with Crippen LogP contribution in [-0.2, 0) is 10.0 Å². The number of rotatable bonds is 4. The molecule has 3 rings (SSSR count). The van der Waals surface area contributed by atoms with E-state index < -0.39 is 10.0 Å². The molecule has 22 heavy (non-hydrogen) atoms. The summed E-state index contributed by atoms with van der Waals surface area (Å²) >= 11 is 1.23. The van der Waals surface area contributed by atoms with Gasteiger partial charge in [0.15, 0.2) is 15.8 Å². The summed E-state index contributed by atoms with van der Waals surface area (Å²) in [7, 11) is -3.76. The Hall–Kier alpha value is -2.19. The minimum Gasteiger partial charge on any atom is -0.360 e. The molecule has 2 heterocycles. The fraction of sp³-hybridized carbons (Fsp3) is 0.143. The summed E-state index contributed by atoms with van der Waals surface area (Å²) in [4.78, 5) is 4.37. The van der Waals surface area contributed by atoms with Crippen LogP contribution in [0, 0.1) is 13.8 Å². The van der Waals surface area contributed by atoms with E-state index in [2.05, 4.69) is 14.9 Å². The van der Waals surface area contributed by atoms with E-state index in [0.29, 0.717) is 10.8 Å². The maximum Gasteiger partial charge on any atom is 0.269 e. The lowest BCUT2D eigenvalue weighted by atomic mass is 10.2. The van der Waals surface area contributed by atoms with Gasteiger partial charge in [-0.15, -0.1) is 11.3 Å². The van der Waals surface area contributed by atoms with Gasteiger partial charge in [0.1, 0.15) is 5.69 Å². The second kappa shape index (κ2) is 5.54. The molecule has 0 fully saturated rings. The molecule has 8 heteroatoms. The van der Waals surface area contributed by atoms with E-state index in [0.717, 1.165) is 11.3 Å². The average molecular weight is 335 g/mol. The molecule has 3 aromatic rings. The molecule has 0 atom stereocenters. The second-order valence-electron chi connectivity index (χ2n) is 4.66. The summed E-state index contributed by atoms with van der Waals surface area (Å²) in [5.74, 6) is 0.254. The standard InChI is InChI=1S/C14H13N3O3S2/c1-9-13(10(2)20-16-9)22(18,19)17-14-15-12(8-21-14)11-6-4-3-5-7-11/h3-8H,1-2H3,(H,15,17). The minimum atomic E-state index is -3.76. The molecule has 0 saturated carbocycles. The van der Waals surface area contributed by atoms with Gasteiger partial charge in [-0.1, -0.05) is 35.5 Å². The van der Waals surface area contributed by atoms with Crippen molar-refractivity contribution in [1.82, 2.24) is 10.1 Å². The quantitative estimate of drug-likeness (QED) is 0.791. The van der Waals surface area contributed by atoms with Gasteiger partial charge in [-0.3, -0.25) is 4.72 Å². The molecule has 0 unspecified atom stereocenters. The van der Waals surface area contributed by atoms with E-state index in [1.807, 2.05) is 30.3 Å². The van der Waals surface area contributed by atoms with E-state index in [4.69, 9.17) is 4.52 Å². The number of thiazole rings is 1. The van der Waals surface area contributed by atoms with Crippen LogP contribution in [0.2, 0.25) is 0 Å². The van der Waals surface area contributed by atoms with Crippen LogP contribution in [0.5, 0.6) is 0 Å². The summed E-state index contributed by atoms with van der Waals surface area (Å²) in [6.45, 7) is 3.15. The molecule has 0 bridgehead atoms. The van der Waals surface area contributed by atoms with E-state index in [-0.39, 0.29) is 10.7 Å². The first-order chi connectivity index (χ1) is 10.5. The fourth-order valence-corrected chi connectivity index (χ4v) is 4.39. The van der Waals surface area contributed by atoms with Gasteiger partial charge in [-0.2, -0.15) is 0 Å². The third-order valence-electron chi connectivity index (χ3n) is 3.03. The molecule has 114 valence electrons. The van der Waals surface area contributed by atoms with E-state index in [1.54, 1.807) is 19.2 Å². The van der Waals surface area contributed by atoms with E-state index >= 15 is 0 Å². The molecular weight excluding hydrogens is 322 g/mol. The van der Waals surface area contributed by atoms with Crippen LogP contribution in [0.25, 0.3) is 11.3 Å². The molecule has 0 radical (unpaired) electrons. The molecule has 6 nitrogen and oxygen atoms in total. The van der Waals surface area contributed by atoms with Gasteiger partial charge in [0.05, 0.1) is 5.69 Å². The summed E-state index contributed by atoms with van der Waals surface area (Å²) < 4.78 is 32.2. The molecule has 0 saturated heterocycles. The largest absolute Gasteiger partial charge is 0.360 e. The van der Waals surface area contributed by atoms with Crippen LogP contribution in [0.4, 0.5) is 5.13 Å². The third-order valence-corrected chi connectivity index (χ3v) is 5.50. The van der Waals surface area contributed by atoms with E-state index in [9.17, 15) is 8.42 Å². The van der Waals surface area contributed by atoms with Crippen molar-refractivity contribution >= 4 is 26.5 Å². The smallest absolute Gasteiger partial charge is 0.269 e. The molecule has 0 spiro atoms. The van der Waals surface area contributed by atoms with Gasteiger partial charge in [0.25, 0.3) is 10.0 Å². The lowest BCUT2D eigenvalue weighted by molar-refractivity contribution is 0.390. The Morgan fingerprint density at radius 2 is 1.91 bits per heavy atom. The number of sulfonamides is 1. The van der Waals surface area contributed by atoms with Crippen molar-refractivity contribution in [3.05, 3.63) is 47.2 Å². The number of anilines is 1. The predicted molar refractivity (Wildman–Crippen MR) is 84.3 cm³/mol. The normalized spacial score (nSPS) is 11.5. The van der Waals surface area contributed by atoms with Gasteiger partial charge < -0.3 is 4.52 Å². The molecule has 0 aliphatic heterocycles. The fourth-order valence-electron chi connectivity index (χ4n) is 2.09. The Labute approximate surface area is 131 Å². The van der Waals surface area contributed by atoms with Crippen LogP contribution in [0.15, 0.2) is 45.1 Å². The number of hydrogen-bond acceptors (Lipinski definition) is 6. The topological polar surface area (TPSA) is 85.1 Å². The van der Waals surface area contributed by atoms with Crippen molar-refractivity contribution in [2.45, 2.75) is 18.7 Å². The van der Waals surface area contributed by atoms with Gasteiger partial charge in [-0.25, -0.2) is 13.4 Å². The number of benzene rings is 1. The maximum atomic E-state index is 12.4. The molecule has 1 aromatic carbocycles. The van der Waals surface area contributed by atoms with Gasteiger partial charge in [-0.05, 0) is 13.8 Å². The first-order valence-electron chi connectivity index (χ1n) is 6.44. The Morgan fingerprint density at radius 3 is 2.55 bits per heavy atom. The molecular formula is C14H13N3O3S2. The SMILES string of the molecule is Cc1noc(C)c1S(=O)(=O)Nc1nc(-c2ccccc2)cs1. The maximum absolute atomic E-state index is 12.4. The highest BCUT2D eigenvalue weighted by atomic mass is 32.2. The molecule has 0 amide bonds. The minimum absolute atomic E-state index is 0.0592. The first kappa shape index (κ1) is 14.7. The van der Waals surface area contributed by atoms with Crippen LogP contribution in [0.1, 0.15) is 11.5 Å². The average Bonchev–Trinajstić information content (AvgIpc) is 3.06. The highest BCUT2D eigenvalue weighted by Crippen LogP contribution is 2.27. The van der Waals surface area contributed by atoms with Crippen LogP contribution in [0.3, 0.4) is 0 Å². The number of aromatic nitrogens is 2. The van der Waals surface area contributed by atoms with Gasteiger partial charge in [0, 0.05) is 10.9 Å². The van der Waals surface area contributed by atoms with Crippen molar-refractivity contribution in [1.29, 1.82) is 0 Å². The summed E-state index contributed by atoms with van der Waals surface area (Å²) in [5.41, 5.74) is 1.98. The zero-order chi connectivity index (χ0) is 15.7. The zero-order valence-corrected chi connectivity index (χ0v) is 13.5.